The first-order valence-corrected chi connectivity index (χ1v) is 7.05. The minimum absolute atomic E-state index is 0.0482. The maximum Gasteiger partial charge on any atom is 0.293 e. The van der Waals surface area contributed by atoms with Crippen molar-refractivity contribution < 1.29 is 9.72 Å². The second-order valence-corrected chi connectivity index (χ2v) is 6.13. The summed E-state index contributed by atoms with van der Waals surface area (Å²) in [5.74, 6) is -0.299. The van der Waals surface area contributed by atoms with Gasteiger partial charge in [0.1, 0.15) is 5.69 Å². The molecule has 21 heavy (non-hydrogen) atoms. The molecule has 1 amide bonds. The topological polar surface area (TPSA) is 84.3 Å². The fourth-order valence-corrected chi connectivity index (χ4v) is 1.76. The van der Waals surface area contributed by atoms with Crippen molar-refractivity contribution >= 4 is 17.3 Å². The van der Waals surface area contributed by atoms with Crippen LogP contribution in [0.5, 0.6) is 0 Å². The van der Waals surface area contributed by atoms with Gasteiger partial charge in [0.15, 0.2) is 0 Å². The van der Waals surface area contributed by atoms with Gasteiger partial charge in [0, 0.05) is 19.2 Å². The van der Waals surface area contributed by atoms with Crippen LogP contribution >= 0.6 is 0 Å². The molecule has 0 saturated heterocycles. The van der Waals surface area contributed by atoms with Crippen molar-refractivity contribution in [2.75, 3.05) is 18.4 Å². The summed E-state index contributed by atoms with van der Waals surface area (Å²) in [5, 5.41) is 16.9. The summed E-state index contributed by atoms with van der Waals surface area (Å²) in [7, 11) is 0. The maximum absolute atomic E-state index is 12.3. The lowest BCUT2D eigenvalue weighted by atomic mass is 9.97. The van der Waals surface area contributed by atoms with Crippen LogP contribution < -0.4 is 10.6 Å². The van der Waals surface area contributed by atoms with Crippen molar-refractivity contribution in [3.05, 3.63) is 33.9 Å². The van der Waals surface area contributed by atoms with E-state index >= 15 is 0 Å². The molecule has 0 unspecified atom stereocenters. The summed E-state index contributed by atoms with van der Waals surface area (Å²) in [6, 6.07) is 4.53. The number of nitrogens with one attached hydrogen (secondary N) is 2. The van der Waals surface area contributed by atoms with Gasteiger partial charge in [-0.1, -0.05) is 33.8 Å². The van der Waals surface area contributed by atoms with E-state index in [1.54, 1.807) is 6.07 Å². The van der Waals surface area contributed by atoms with Crippen LogP contribution in [0.25, 0.3) is 0 Å². The molecule has 0 spiro atoms. The average molecular weight is 293 g/mol. The fraction of sp³-hybridized carbons (Fsp3) is 0.533. The van der Waals surface area contributed by atoms with E-state index in [1.807, 2.05) is 27.7 Å². The summed E-state index contributed by atoms with van der Waals surface area (Å²) in [6.07, 6.45) is 0.815. The number of carbonyl (C=O) groups is 1. The lowest BCUT2D eigenvalue weighted by Gasteiger charge is -2.19. The number of nitro groups is 1. The first kappa shape index (κ1) is 16.9. The fourth-order valence-electron chi connectivity index (χ4n) is 1.76. The quantitative estimate of drug-likeness (QED) is 0.623. The zero-order chi connectivity index (χ0) is 16.0. The van der Waals surface area contributed by atoms with Crippen LogP contribution in [0.1, 0.15) is 44.5 Å². The van der Waals surface area contributed by atoms with Gasteiger partial charge in [-0.05, 0) is 17.9 Å². The average Bonchev–Trinajstić information content (AvgIpc) is 2.41. The van der Waals surface area contributed by atoms with Crippen LogP contribution in [-0.2, 0) is 0 Å². The van der Waals surface area contributed by atoms with Crippen LogP contribution in [0, 0.1) is 15.5 Å². The Kier molecular flexibility index (Phi) is 5.69. The molecule has 6 nitrogen and oxygen atoms in total. The molecule has 6 heteroatoms. The number of benzene rings is 1. The van der Waals surface area contributed by atoms with Crippen LogP contribution in [0.2, 0.25) is 0 Å². The molecule has 1 aromatic rings. The lowest BCUT2D eigenvalue weighted by molar-refractivity contribution is -0.384. The molecule has 0 bridgehead atoms. The normalized spacial score (nSPS) is 11.0. The van der Waals surface area contributed by atoms with Crippen molar-refractivity contribution in [3.63, 3.8) is 0 Å². The first-order chi connectivity index (χ1) is 9.76. The molecule has 2 N–H and O–H groups in total. The molecule has 0 aromatic heterocycles. The van der Waals surface area contributed by atoms with Gasteiger partial charge in [0.25, 0.3) is 11.6 Å². The highest BCUT2D eigenvalue weighted by Gasteiger charge is 2.22. The number of nitro benzene ring substituents is 1. The highest BCUT2D eigenvalue weighted by atomic mass is 16.6. The van der Waals surface area contributed by atoms with Gasteiger partial charge in [-0.25, -0.2) is 0 Å². The first-order valence-electron chi connectivity index (χ1n) is 7.05. The number of rotatable bonds is 6. The summed E-state index contributed by atoms with van der Waals surface area (Å²) in [6.45, 7) is 9.07. The van der Waals surface area contributed by atoms with Crippen LogP contribution in [0.3, 0.4) is 0 Å². The second-order valence-electron chi connectivity index (χ2n) is 6.13. The molecule has 0 radical (unpaired) electrons. The second kappa shape index (κ2) is 7.06. The van der Waals surface area contributed by atoms with E-state index in [2.05, 4.69) is 10.6 Å². The molecule has 0 aliphatic rings. The van der Waals surface area contributed by atoms with Crippen molar-refractivity contribution in [1.29, 1.82) is 0 Å². The van der Waals surface area contributed by atoms with Gasteiger partial charge in [-0.15, -0.1) is 0 Å². The van der Waals surface area contributed by atoms with Crippen LogP contribution in [0.4, 0.5) is 11.4 Å². The smallest absolute Gasteiger partial charge is 0.293 e. The SMILES string of the molecule is CCCNc1c(C(=O)NCC(C)(C)C)cccc1[N+](=O)[O-]. The van der Waals surface area contributed by atoms with Gasteiger partial charge >= 0.3 is 0 Å². The Morgan fingerprint density at radius 2 is 2.00 bits per heavy atom. The molecule has 1 rings (SSSR count). The van der Waals surface area contributed by atoms with Crippen molar-refractivity contribution in [3.8, 4) is 0 Å². The minimum Gasteiger partial charge on any atom is -0.379 e. The predicted molar refractivity (Wildman–Crippen MR) is 83.7 cm³/mol. The summed E-state index contributed by atoms with van der Waals surface area (Å²) < 4.78 is 0. The third-order valence-electron chi connectivity index (χ3n) is 2.81. The van der Waals surface area contributed by atoms with Crippen LogP contribution in [-0.4, -0.2) is 23.9 Å². The number of hydrogen-bond donors (Lipinski definition) is 2. The zero-order valence-corrected chi connectivity index (χ0v) is 13.0. The third kappa shape index (κ3) is 5.06. The monoisotopic (exact) mass is 293 g/mol. The van der Waals surface area contributed by atoms with Gasteiger partial charge in [0.05, 0.1) is 10.5 Å². The maximum atomic E-state index is 12.3. The molecule has 0 aliphatic heterocycles. The van der Waals surface area contributed by atoms with Gasteiger partial charge in [-0.2, -0.15) is 0 Å². The van der Waals surface area contributed by atoms with Gasteiger partial charge in [-0.3, -0.25) is 14.9 Å². The lowest BCUT2D eigenvalue weighted by Crippen LogP contribution is -2.32. The minimum atomic E-state index is -0.474. The Morgan fingerprint density at radius 3 is 2.52 bits per heavy atom. The van der Waals surface area contributed by atoms with Crippen molar-refractivity contribution in [2.24, 2.45) is 5.41 Å². The highest BCUT2D eigenvalue weighted by molar-refractivity contribution is 6.01. The van der Waals surface area contributed by atoms with Gasteiger partial charge in [0.2, 0.25) is 0 Å². The molecular formula is C15H23N3O3. The standard InChI is InChI=1S/C15H23N3O3/c1-5-9-16-13-11(7-6-8-12(13)18(20)21)14(19)17-10-15(2,3)4/h6-8,16H,5,9-10H2,1-4H3,(H,17,19). The Morgan fingerprint density at radius 1 is 1.33 bits per heavy atom. The molecule has 0 fully saturated rings. The number of amides is 1. The molecule has 0 heterocycles. The van der Waals surface area contributed by atoms with Gasteiger partial charge < -0.3 is 10.6 Å². The number of anilines is 1. The summed E-state index contributed by atoms with van der Waals surface area (Å²) in [4.78, 5) is 22.9. The molecular weight excluding hydrogens is 270 g/mol. The molecule has 0 saturated carbocycles. The van der Waals surface area contributed by atoms with Crippen LogP contribution in [0.15, 0.2) is 18.2 Å². The number of para-hydroxylation sites is 1. The predicted octanol–water partition coefficient (Wildman–Crippen LogP) is 3.19. The number of nitrogens with zero attached hydrogens (tertiary/aromatic N) is 1. The number of carbonyl (C=O) groups excluding carboxylic acids is 1. The molecule has 0 atom stereocenters. The van der Waals surface area contributed by atoms with E-state index in [4.69, 9.17) is 0 Å². The zero-order valence-electron chi connectivity index (χ0n) is 13.0. The number of hydrogen-bond acceptors (Lipinski definition) is 4. The Hall–Kier alpha value is -2.11. The Labute approximate surface area is 125 Å². The highest BCUT2D eigenvalue weighted by Crippen LogP contribution is 2.28. The van der Waals surface area contributed by atoms with E-state index in [0.717, 1.165) is 6.42 Å². The van der Waals surface area contributed by atoms with E-state index in [1.165, 1.54) is 12.1 Å². The summed E-state index contributed by atoms with van der Waals surface area (Å²) in [5.41, 5.74) is 0.470. The van der Waals surface area contributed by atoms with Crippen molar-refractivity contribution in [1.82, 2.24) is 5.32 Å². The van der Waals surface area contributed by atoms with E-state index in [0.29, 0.717) is 18.7 Å². The molecule has 1 aromatic carbocycles. The summed E-state index contributed by atoms with van der Waals surface area (Å²) >= 11 is 0. The third-order valence-corrected chi connectivity index (χ3v) is 2.81. The molecule has 116 valence electrons. The largest absolute Gasteiger partial charge is 0.379 e. The van der Waals surface area contributed by atoms with E-state index in [-0.39, 0.29) is 22.7 Å². The van der Waals surface area contributed by atoms with E-state index < -0.39 is 4.92 Å². The van der Waals surface area contributed by atoms with E-state index in [9.17, 15) is 14.9 Å². The Balaban J connectivity index is 3.07. The molecule has 0 aliphatic carbocycles. The van der Waals surface area contributed by atoms with Crippen molar-refractivity contribution in [2.45, 2.75) is 34.1 Å². The Bertz CT molecular complexity index is 521.